The fraction of sp³-hybridized carbons (Fsp3) is 0.417. The second-order valence-corrected chi connectivity index (χ2v) is 4.14. The Bertz CT molecular complexity index is 402. The number of urea groups is 1. The van der Waals surface area contributed by atoms with E-state index in [2.05, 4.69) is 10.3 Å². The maximum atomic E-state index is 11.9. The van der Waals surface area contributed by atoms with Gasteiger partial charge >= 0.3 is 6.03 Å². The molecule has 0 aliphatic carbocycles. The van der Waals surface area contributed by atoms with Crippen molar-refractivity contribution in [2.75, 3.05) is 26.2 Å². The molecule has 1 aliphatic heterocycles. The van der Waals surface area contributed by atoms with Crippen LogP contribution in [0.15, 0.2) is 24.5 Å². The van der Waals surface area contributed by atoms with Gasteiger partial charge in [0.1, 0.15) is 0 Å². The molecule has 0 atom stereocenters. The number of rotatable bonds is 3. The topological polar surface area (TPSA) is 65.5 Å². The summed E-state index contributed by atoms with van der Waals surface area (Å²) in [5.74, 6) is 0. The van der Waals surface area contributed by atoms with E-state index in [-0.39, 0.29) is 6.03 Å². The van der Waals surface area contributed by atoms with Gasteiger partial charge in [-0.25, -0.2) is 4.79 Å². The zero-order valence-electron chi connectivity index (χ0n) is 10.1. The van der Waals surface area contributed by atoms with Gasteiger partial charge in [-0.15, -0.1) is 0 Å². The summed E-state index contributed by atoms with van der Waals surface area (Å²) in [7, 11) is 0. The van der Waals surface area contributed by atoms with E-state index in [4.69, 9.17) is 0 Å². The molecule has 2 rings (SSSR count). The Morgan fingerprint density at radius 2 is 1.94 bits per heavy atom. The smallest absolute Gasteiger partial charge is 0.317 e. The summed E-state index contributed by atoms with van der Waals surface area (Å²) in [5, 5.41) is 2.85. The number of carbonyl (C=O) groups excluding carboxylic acids is 2. The molecule has 1 fully saturated rings. The lowest BCUT2D eigenvalue weighted by atomic mass is 10.3. The first-order chi connectivity index (χ1) is 8.79. The monoisotopic (exact) mass is 248 g/mol. The first-order valence-corrected chi connectivity index (χ1v) is 5.90. The third-order valence-electron chi connectivity index (χ3n) is 2.94. The van der Waals surface area contributed by atoms with E-state index in [1.165, 1.54) is 0 Å². The molecule has 1 saturated heterocycles. The first-order valence-electron chi connectivity index (χ1n) is 5.90. The molecule has 6 nitrogen and oxygen atoms in total. The maximum absolute atomic E-state index is 11.9. The molecule has 0 unspecified atom stereocenters. The van der Waals surface area contributed by atoms with E-state index >= 15 is 0 Å². The van der Waals surface area contributed by atoms with E-state index in [0.717, 1.165) is 12.0 Å². The van der Waals surface area contributed by atoms with Crippen molar-refractivity contribution in [2.24, 2.45) is 0 Å². The molecular weight excluding hydrogens is 232 g/mol. The Morgan fingerprint density at radius 1 is 1.28 bits per heavy atom. The predicted octanol–water partition coefficient (Wildman–Crippen LogP) is 0.0652. The maximum Gasteiger partial charge on any atom is 0.317 e. The fourth-order valence-electron chi connectivity index (χ4n) is 1.82. The summed E-state index contributed by atoms with van der Waals surface area (Å²) in [4.78, 5) is 29.7. The van der Waals surface area contributed by atoms with Gasteiger partial charge in [-0.3, -0.25) is 9.78 Å². The minimum atomic E-state index is -0.0858. The highest BCUT2D eigenvalue weighted by atomic mass is 16.2. The van der Waals surface area contributed by atoms with Gasteiger partial charge in [0.15, 0.2) is 0 Å². The lowest BCUT2D eigenvalue weighted by Crippen LogP contribution is -2.51. The van der Waals surface area contributed by atoms with Gasteiger partial charge in [0, 0.05) is 45.1 Å². The number of amides is 3. The Balaban J connectivity index is 1.77. The molecule has 0 spiro atoms. The van der Waals surface area contributed by atoms with Crippen molar-refractivity contribution in [3.8, 4) is 0 Å². The van der Waals surface area contributed by atoms with E-state index in [0.29, 0.717) is 32.7 Å². The molecule has 1 aromatic heterocycles. The lowest BCUT2D eigenvalue weighted by molar-refractivity contribution is -0.119. The minimum absolute atomic E-state index is 0.0858. The van der Waals surface area contributed by atoms with Crippen molar-refractivity contribution in [3.05, 3.63) is 30.1 Å². The van der Waals surface area contributed by atoms with Crippen molar-refractivity contribution >= 4 is 12.4 Å². The zero-order chi connectivity index (χ0) is 12.8. The Morgan fingerprint density at radius 3 is 2.56 bits per heavy atom. The van der Waals surface area contributed by atoms with Gasteiger partial charge in [0.2, 0.25) is 6.41 Å². The molecule has 18 heavy (non-hydrogen) atoms. The van der Waals surface area contributed by atoms with Crippen LogP contribution in [0.3, 0.4) is 0 Å². The van der Waals surface area contributed by atoms with Crippen LogP contribution in [0.2, 0.25) is 0 Å². The van der Waals surface area contributed by atoms with Gasteiger partial charge in [-0.2, -0.15) is 0 Å². The van der Waals surface area contributed by atoms with E-state index in [1.54, 1.807) is 22.2 Å². The standard InChI is InChI=1S/C12H16N4O2/c17-10-15-5-7-16(8-6-15)12(18)14-9-11-1-3-13-4-2-11/h1-4,10H,5-9H2,(H,14,18). The van der Waals surface area contributed by atoms with Gasteiger partial charge in [-0.1, -0.05) is 0 Å². The van der Waals surface area contributed by atoms with Gasteiger partial charge in [-0.05, 0) is 17.7 Å². The molecule has 0 radical (unpaired) electrons. The average molecular weight is 248 g/mol. The van der Waals surface area contributed by atoms with Gasteiger partial charge < -0.3 is 15.1 Å². The molecule has 0 aromatic carbocycles. The van der Waals surface area contributed by atoms with Crippen molar-refractivity contribution < 1.29 is 9.59 Å². The minimum Gasteiger partial charge on any atom is -0.342 e. The highest BCUT2D eigenvalue weighted by Gasteiger charge is 2.19. The number of nitrogens with zero attached hydrogens (tertiary/aromatic N) is 3. The molecular formula is C12H16N4O2. The number of nitrogens with one attached hydrogen (secondary N) is 1. The van der Waals surface area contributed by atoms with Crippen LogP contribution in [-0.2, 0) is 11.3 Å². The molecule has 6 heteroatoms. The second-order valence-electron chi connectivity index (χ2n) is 4.14. The lowest BCUT2D eigenvalue weighted by Gasteiger charge is -2.32. The molecule has 1 aliphatic rings. The van der Waals surface area contributed by atoms with Crippen LogP contribution in [-0.4, -0.2) is 53.4 Å². The van der Waals surface area contributed by atoms with Crippen LogP contribution in [0.5, 0.6) is 0 Å². The summed E-state index contributed by atoms with van der Waals surface area (Å²) in [6.45, 7) is 2.87. The summed E-state index contributed by atoms with van der Waals surface area (Å²) in [6, 6.07) is 3.65. The van der Waals surface area contributed by atoms with Gasteiger partial charge in [0.05, 0.1) is 0 Å². The predicted molar refractivity (Wildman–Crippen MR) is 65.7 cm³/mol. The molecule has 1 aromatic rings. The number of aromatic nitrogens is 1. The van der Waals surface area contributed by atoms with E-state index < -0.39 is 0 Å². The van der Waals surface area contributed by atoms with Crippen LogP contribution >= 0.6 is 0 Å². The van der Waals surface area contributed by atoms with E-state index in [9.17, 15) is 9.59 Å². The molecule has 2 heterocycles. The third kappa shape index (κ3) is 3.19. The van der Waals surface area contributed by atoms with Crippen molar-refractivity contribution in [2.45, 2.75) is 6.54 Å². The van der Waals surface area contributed by atoms with Crippen molar-refractivity contribution in [1.29, 1.82) is 0 Å². The number of pyridine rings is 1. The highest BCUT2D eigenvalue weighted by Crippen LogP contribution is 2.01. The quantitative estimate of drug-likeness (QED) is 0.770. The molecule has 0 bridgehead atoms. The molecule has 1 N–H and O–H groups in total. The van der Waals surface area contributed by atoms with Gasteiger partial charge in [0.25, 0.3) is 0 Å². The summed E-state index contributed by atoms with van der Waals surface area (Å²) in [6.07, 6.45) is 4.22. The first kappa shape index (κ1) is 12.3. The number of hydrogen-bond acceptors (Lipinski definition) is 3. The van der Waals surface area contributed by atoms with Crippen LogP contribution < -0.4 is 5.32 Å². The third-order valence-corrected chi connectivity index (χ3v) is 2.94. The largest absolute Gasteiger partial charge is 0.342 e. The van der Waals surface area contributed by atoms with Crippen molar-refractivity contribution in [3.63, 3.8) is 0 Å². The summed E-state index contributed by atoms with van der Waals surface area (Å²) >= 11 is 0. The molecule has 0 saturated carbocycles. The molecule has 3 amide bonds. The zero-order valence-corrected chi connectivity index (χ0v) is 10.1. The van der Waals surface area contributed by atoms with Crippen LogP contribution in [0, 0.1) is 0 Å². The second kappa shape index (κ2) is 6.00. The number of carbonyl (C=O) groups is 2. The summed E-state index contributed by atoms with van der Waals surface area (Å²) in [5.41, 5.74) is 1.02. The fourth-order valence-corrected chi connectivity index (χ4v) is 1.82. The highest BCUT2D eigenvalue weighted by molar-refractivity contribution is 5.74. The Kier molecular flexibility index (Phi) is 4.11. The summed E-state index contributed by atoms with van der Waals surface area (Å²) < 4.78 is 0. The van der Waals surface area contributed by atoms with Crippen molar-refractivity contribution in [1.82, 2.24) is 20.1 Å². The van der Waals surface area contributed by atoms with Crippen LogP contribution in [0.1, 0.15) is 5.56 Å². The van der Waals surface area contributed by atoms with E-state index in [1.807, 2.05) is 12.1 Å². The molecule has 96 valence electrons. The van der Waals surface area contributed by atoms with Crippen LogP contribution in [0.25, 0.3) is 0 Å². The number of piperazine rings is 1. The van der Waals surface area contributed by atoms with Crippen LogP contribution in [0.4, 0.5) is 4.79 Å². The Hall–Kier alpha value is -2.11. The SMILES string of the molecule is O=CN1CCN(C(=O)NCc2ccncc2)CC1. The normalized spacial score (nSPS) is 15.3. The Labute approximate surface area is 106 Å². The number of hydrogen-bond donors (Lipinski definition) is 1. The average Bonchev–Trinajstić information content (AvgIpc) is 2.46.